The number of likely N-dealkylation sites (tertiary alicyclic amines) is 1. The molecule has 0 spiro atoms. The average Bonchev–Trinajstić information content (AvgIpc) is 2.16. The third kappa shape index (κ3) is 3.28. The Bertz CT molecular complexity index is 128. The molecule has 78 valence electrons. The van der Waals surface area contributed by atoms with E-state index in [2.05, 4.69) is 30.7 Å². The maximum atomic E-state index is 2.65. The van der Waals surface area contributed by atoms with Gasteiger partial charge >= 0.3 is 0 Å². The maximum Gasteiger partial charge on any atom is 0.0119 e. The second-order valence-corrected chi connectivity index (χ2v) is 4.16. The highest BCUT2D eigenvalue weighted by atomic mass is 15.2. The predicted octanol–water partition coefficient (Wildman–Crippen LogP) is 1.81. The number of hydrogen-bond acceptors (Lipinski definition) is 2. The Kier molecular flexibility index (Phi) is 4.74. The van der Waals surface area contributed by atoms with Crippen molar-refractivity contribution in [2.45, 2.75) is 39.2 Å². The van der Waals surface area contributed by atoms with Gasteiger partial charge in [-0.15, -0.1) is 0 Å². The topological polar surface area (TPSA) is 6.48 Å². The van der Waals surface area contributed by atoms with E-state index in [0.29, 0.717) is 0 Å². The van der Waals surface area contributed by atoms with E-state index in [9.17, 15) is 0 Å². The van der Waals surface area contributed by atoms with Crippen LogP contribution in [0.15, 0.2) is 0 Å². The molecule has 0 aliphatic carbocycles. The minimum atomic E-state index is 0.862. The van der Waals surface area contributed by atoms with Crippen LogP contribution in [0.2, 0.25) is 0 Å². The molecule has 1 fully saturated rings. The van der Waals surface area contributed by atoms with E-state index in [0.717, 1.165) is 6.04 Å². The van der Waals surface area contributed by atoms with Crippen LogP contribution in [0.25, 0.3) is 0 Å². The van der Waals surface area contributed by atoms with Crippen molar-refractivity contribution in [2.75, 3.05) is 33.2 Å². The molecule has 0 atom stereocenters. The fourth-order valence-corrected chi connectivity index (χ4v) is 2.25. The van der Waals surface area contributed by atoms with Gasteiger partial charge in [-0.25, -0.2) is 0 Å². The van der Waals surface area contributed by atoms with Crippen molar-refractivity contribution in [1.29, 1.82) is 0 Å². The molecule has 0 radical (unpaired) electrons. The molecule has 1 saturated heterocycles. The summed E-state index contributed by atoms with van der Waals surface area (Å²) in [6.07, 6.45) is 4.02. The second-order valence-electron chi connectivity index (χ2n) is 4.16. The first-order valence-corrected chi connectivity index (χ1v) is 5.70. The summed E-state index contributed by atoms with van der Waals surface area (Å²) in [5.41, 5.74) is 0. The molecule has 0 aromatic carbocycles. The van der Waals surface area contributed by atoms with E-state index >= 15 is 0 Å². The number of nitrogens with zero attached hydrogens (tertiary/aromatic N) is 2. The third-order valence-corrected chi connectivity index (χ3v) is 3.12. The molecule has 0 aromatic rings. The molecule has 0 bridgehead atoms. The summed E-state index contributed by atoms with van der Waals surface area (Å²) in [6, 6.07) is 0.862. The molecule has 0 aromatic heterocycles. The molecule has 13 heavy (non-hydrogen) atoms. The molecule has 0 unspecified atom stereocenters. The van der Waals surface area contributed by atoms with Crippen molar-refractivity contribution in [3.63, 3.8) is 0 Å². The lowest BCUT2D eigenvalue weighted by Gasteiger charge is -2.36. The summed E-state index contributed by atoms with van der Waals surface area (Å²) in [4.78, 5) is 5.09. The van der Waals surface area contributed by atoms with Crippen molar-refractivity contribution >= 4 is 0 Å². The molecular formula is C11H24N2. The van der Waals surface area contributed by atoms with Gasteiger partial charge in [0.25, 0.3) is 0 Å². The molecule has 0 saturated carbocycles. The fraction of sp³-hybridized carbons (Fsp3) is 1.00. The summed E-state index contributed by atoms with van der Waals surface area (Å²) in [5, 5.41) is 0. The maximum absolute atomic E-state index is 2.65. The SMILES string of the molecule is CCCN(CC)C1CCN(C)CC1. The van der Waals surface area contributed by atoms with E-state index in [1.165, 1.54) is 45.4 Å². The molecule has 2 nitrogen and oxygen atoms in total. The highest BCUT2D eigenvalue weighted by molar-refractivity contribution is 4.77. The Morgan fingerprint density at radius 1 is 1.23 bits per heavy atom. The lowest BCUT2D eigenvalue weighted by molar-refractivity contribution is 0.126. The largest absolute Gasteiger partial charge is 0.306 e. The van der Waals surface area contributed by atoms with E-state index in [1.54, 1.807) is 0 Å². The molecule has 1 rings (SSSR count). The third-order valence-electron chi connectivity index (χ3n) is 3.12. The zero-order chi connectivity index (χ0) is 9.68. The first-order chi connectivity index (χ1) is 6.27. The predicted molar refractivity (Wildman–Crippen MR) is 58.1 cm³/mol. The Hall–Kier alpha value is -0.0800. The molecule has 1 aliphatic heterocycles. The van der Waals surface area contributed by atoms with Gasteiger partial charge in [-0.3, -0.25) is 0 Å². The van der Waals surface area contributed by atoms with Crippen LogP contribution in [0, 0.1) is 0 Å². The van der Waals surface area contributed by atoms with E-state index in [1.807, 2.05) is 0 Å². The van der Waals surface area contributed by atoms with E-state index in [4.69, 9.17) is 0 Å². The van der Waals surface area contributed by atoms with Gasteiger partial charge in [-0.05, 0) is 52.5 Å². The van der Waals surface area contributed by atoms with Crippen LogP contribution >= 0.6 is 0 Å². The summed E-state index contributed by atoms with van der Waals surface area (Å²) >= 11 is 0. The van der Waals surface area contributed by atoms with Gasteiger partial charge in [-0.2, -0.15) is 0 Å². The Morgan fingerprint density at radius 3 is 2.31 bits per heavy atom. The molecule has 0 N–H and O–H groups in total. The molecule has 2 heteroatoms. The summed E-state index contributed by atoms with van der Waals surface area (Å²) < 4.78 is 0. The van der Waals surface area contributed by atoms with E-state index < -0.39 is 0 Å². The second kappa shape index (κ2) is 5.61. The van der Waals surface area contributed by atoms with Gasteiger partial charge in [-0.1, -0.05) is 13.8 Å². The quantitative estimate of drug-likeness (QED) is 0.657. The smallest absolute Gasteiger partial charge is 0.0119 e. The number of rotatable bonds is 4. The van der Waals surface area contributed by atoms with Crippen molar-refractivity contribution in [3.8, 4) is 0 Å². The van der Waals surface area contributed by atoms with Crippen LogP contribution in [-0.4, -0.2) is 49.1 Å². The van der Waals surface area contributed by atoms with Gasteiger partial charge in [0.15, 0.2) is 0 Å². The Labute approximate surface area is 82.9 Å². The van der Waals surface area contributed by atoms with Crippen LogP contribution in [0.3, 0.4) is 0 Å². The monoisotopic (exact) mass is 184 g/mol. The van der Waals surface area contributed by atoms with Crippen LogP contribution in [-0.2, 0) is 0 Å². The molecule has 1 aliphatic rings. The van der Waals surface area contributed by atoms with Crippen LogP contribution in [0.4, 0.5) is 0 Å². The van der Waals surface area contributed by atoms with Crippen LogP contribution in [0.5, 0.6) is 0 Å². The lowest BCUT2D eigenvalue weighted by Crippen LogP contribution is -2.43. The summed E-state index contributed by atoms with van der Waals surface area (Å²) in [5.74, 6) is 0. The molecule has 1 heterocycles. The number of hydrogen-bond donors (Lipinski definition) is 0. The van der Waals surface area contributed by atoms with Gasteiger partial charge < -0.3 is 9.80 Å². The zero-order valence-corrected chi connectivity index (χ0v) is 9.42. The Balaban J connectivity index is 2.32. The first-order valence-electron chi connectivity index (χ1n) is 5.70. The highest BCUT2D eigenvalue weighted by Crippen LogP contribution is 2.15. The first kappa shape index (κ1) is 11.0. The van der Waals surface area contributed by atoms with Crippen LogP contribution in [0.1, 0.15) is 33.1 Å². The minimum absolute atomic E-state index is 0.862. The summed E-state index contributed by atoms with van der Waals surface area (Å²) in [7, 11) is 2.23. The van der Waals surface area contributed by atoms with Gasteiger partial charge in [0.05, 0.1) is 0 Å². The Morgan fingerprint density at radius 2 is 1.85 bits per heavy atom. The van der Waals surface area contributed by atoms with Crippen molar-refractivity contribution < 1.29 is 0 Å². The minimum Gasteiger partial charge on any atom is -0.306 e. The van der Waals surface area contributed by atoms with Crippen molar-refractivity contribution in [2.24, 2.45) is 0 Å². The fourth-order valence-electron chi connectivity index (χ4n) is 2.25. The molecule has 0 amide bonds. The summed E-state index contributed by atoms with van der Waals surface area (Å²) in [6.45, 7) is 9.63. The van der Waals surface area contributed by atoms with Crippen LogP contribution < -0.4 is 0 Å². The van der Waals surface area contributed by atoms with Gasteiger partial charge in [0.1, 0.15) is 0 Å². The van der Waals surface area contributed by atoms with Crippen molar-refractivity contribution in [3.05, 3.63) is 0 Å². The normalized spacial score (nSPS) is 21.2. The lowest BCUT2D eigenvalue weighted by atomic mass is 10.0. The molecular weight excluding hydrogens is 160 g/mol. The zero-order valence-electron chi connectivity index (χ0n) is 9.42. The van der Waals surface area contributed by atoms with Gasteiger partial charge in [0.2, 0.25) is 0 Å². The standard InChI is InChI=1S/C11H24N2/c1-4-8-13(5-2)11-6-9-12(3)10-7-11/h11H,4-10H2,1-3H3. The highest BCUT2D eigenvalue weighted by Gasteiger charge is 2.20. The van der Waals surface area contributed by atoms with Crippen molar-refractivity contribution in [1.82, 2.24) is 9.80 Å². The number of piperidine rings is 1. The van der Waals surface area contributed by atoms with E-state index in [-0.39, 0.29) is 0 Å². The van der Waals surface area contributed by atoms with Gasteiger partial charge in [0, 0.05) is 6.04 Å². The average molecular weight is 184 g/mol.